The van der Waals surface area contributed by atoms with E-state index in [1.807, 2.05) is 42.5 Å². The highest BCUT2D eigenvalue weighted by Crippen LogP contribution is 2.39. The zero-order chi connectivity index (χ0) is 35.3. The molecule has 0 saturated carbocycles. The molecule has 0 saturated heterocycles. The summed E-state index contributed by atoms with van der Waals surface area (Å²) < 4.78 is 12.8. The number of fused-ring (bicyclic) bond motifs is 7. The molecule has 5 heteroatoms. The molecule has 0 fully saturated rings. The van der Waals surface area contributed by atoms with E-state index in [1.165, 1.54) is 10.4 Å². The van der Waals surface area contributed by atoms with E-state index in [-0.39, 0.29) is 0 Å². The fraction of sp³-hybridized carbons (Fsp3) is 0.0208. The Labute approximate surface area is 304 Å². The van der Waals surface area contributed by atoms with Crippen LogP contribution in [-0.4, -0.2) is 15.0 Å². The summed E-state index contributed by atoms with van der Waals surface area (Å²) in [6.45, 7) is 2.06. The van der Waals surface area contributed by atoms with Crippen molar-refractivity contribution in [2.45, 2.75) is 6.92 Å². The van der Waals surface area contributed by atoms with Gasteiger partial charge in [0.2, 0.25) is 0 Å². The van der Waals surface area contributed by atoms with E-state index in [1.54, 1.807) is 0 Å². The minimum Gasteiger partial charge on any atom is -0.456 e. The van der Waals surface area contributed by atoms with Gasteiger partial charge in [0.1, 0.15) is 22.3 Å². The number of hydrogen-bond acceptors (Lipinski definition) is 5. The molecule has 0 aliphatic carbocycles. The van der Waals surface area contributed by atoms with E-state index in [2.05, 4.69) is 134 Å². The Kier molecular flexibility index (Phi) is 7.29. The van der Waals surface area contributed by atoms with Gasteiger partial charge in [0.25, 0.3) is 0 Å². The quantitative estimate of drug-likeness (QED) is 0.181. The van der Waals surface area contributed by atoms with E-state index < -0.39 is 0 Å². The normalized spacial score (nSPS) is 12.8. The molecule has 0 bridgehead atoms. The molecule has 0 amide bonds. The van der Waals surface area contributed by atoms with Gasteiger partial charge in [-0.1, -0.05) is 133 Å². The van der Waals surface area contributed by atoms with Crippen LogP contribution in [-0.2, 0) is 0 Å². The highest BCUT2D eigenvalue weighted by molar-refractivity contribution is 6.13. The SMILES string of the molecule is C/C=c1/cccc/c1=C/C=C/c1ccc2c(c1)oc1cccc(-c3nc(-c4ccc5ccccc5c4)nc(-c4cccc5oc6ccccc6c45)n3)c12. The summed E-state index contributed by atoms with van der Waals surface area (Å²) >= 11 is 0. The summed E-state index contributed by atoms with van der Waals surface area (Å²) in [7, 11) is 0. The predicted octanol–water partition coefficient (Wildman–Crippen LogP) is 11.1. The Balaban J connectivity index is 1.16. The molecule has 3 aromatic heterocycles. The largest absolute Gasteiger partial charge is 0.456 e. The zero-order valence-electron chi connectivity index (χ0n) is 28.8. The predicted molar refractivity (Wildman–Crippen MR) is 218 cm³/mol. The highest BCUT2D eigenvalue weighted by Gasteiger charge is 2.20. The van der Waals surface area contributed by atoms with Crippen LogP contribution in [0.1, 0.15) is 12.5 Å². The van der Waals surface area contributed by atoms with Gasteiger partial charge in [-0.25, -0.2) is 15.0 Å². The molecule has 10 aromatic rings. The van der Waals surface area contributed by atoms with E-state index in [9.17, 15) is 0 Å². The maximum Gasteiger partial charge on any atom is 0.164 e. The highest BCUT2D eigenvalue weighted by atomic mass is 16.3. The fourth-order valence-electron chi connectivity index (χ4n) is 7.36. The average Bonchev–Trinajstić information content (AvgIpc) is 3.79. The van der Waals surface area contributed by atoms with Crippen molar-refractivity contribution in [3.8, 4) is 34.2 Å². The number of allylic oxidation sites excluding steroid dienone is 1. The van der Waals surface area contributed by atoms with Crippen molar-refractivity contribution in [3.63, 3.8) is 0 Å². The summed E-state index contributed by atoms with van der Waals surface area (Å²) in [4.78, 5) is 15.5. The number of para-hydroxylation sites is 1. The number of furan rings is 2. The van der Waals surface area contributed by atoms with Crippen LogP contribution in [0, 0.1) is 0 Å². The summed E-state index contributed by atoms with van der Waals surface area (Å²) in [6, 6.07) is 49.6. The monoisotopic (exact) mass is 681 g/mol. The van der Waals surface area contributed by atoms with E-state index in [4.69, 9.17) is 23.8 Å². The Bertz CT molecular complexity index is 3200. The molecular weight excluding hydrogens is 651 g/mol. The maximum atomic E-state index is 6.50. The minimum absolute atomic E-state index is 0.571. The topological polar surface area (TPSA) is 65.0 Å². The van der Waals surface area contributed by atoms with Crippen molar-refractivity contribution in [1.29, 1.82) is 0 Å². The Hall–Kier alpha value is -7.11. The van der Waals surface area contributed by atoms with Gasteiger partial charge in [0, 0.05) is 38.2 Å². The molecule has 10 rings (SSSR count). The zero-order valence-corrected chi connectivity index (χ0v) is 28.8. The molecule has 0 aliphatic rings. The number of aromatic nitrogens is 3. The molecule has 0 spiro atoms. The van der Waals surface area contributed by atoms with Gasteiger partial charge < -0.3 is 8.83 Å². The standard InChI is InChI=1S/C48H31N3O2/c1-2-31-13-3-4-14-32(31)17-9-12-30-24-27-37-43(28-30)53-42-23-11-20-39(45(37)42)48-50-46(35-26-25-33-15-5-6-16-34(33)29-35)49-47(51-48)38-19-10-22-41-44(38)36-18-7-8-21-40(36)52-41/h2-29H,1H3/b12-9+,31-2-,32-17-. The van der Waals surface area contributed by atoms with Crippen LogP contribution in [0.2, 0.25) is 0 Å². The first-order chi connectivity index (χ1) is 26.2. The molecule has 0 N–H and O–H groups in total. The Morgan fingerprint density at radius 2 is 1.09 bits per heavy atom. The van der Waals surface area contributed by atoms with Crippen LogP contribution >= 0.6 is 0 Å². The van der Waals surface area contributed by atoms with Crippen LogP contribution in [0.3, 0.4) is 0 Å². The summed E-state index contributed by atoms with van der Waals surface area (Å²) in [5.74, 6) is 1.74. The molecule has 0 radical (unpaired) electrons. The lowest BCUT2D eigenvalue weighted by atomic mass is 10.0. The molecule has 250 valence electrons. The number of hydrogen-bond donors (Lipinski definition) is 0. The maximum absolute atomic E-state index is 6.50. The van der Waals surface area contributed by atoms with Gasteiger partial charge >= 0.3 is 0 Å². The summed E-state index contributed by atoms with van der Waals surface area (Å²) in [5.41, 5.74) is 6.91. The lowest BCUT2D eigenvalue weighted by Gasteiger charge is -2.10. The van der Waals surface area contributed by atoms with Gasteiger partial charge in [-0.05, 0) is 70.1 Å². The first kappa shape index (κ1) is 30.7. The van der Waals surface area contributed by atoms with Crippen LogP contribution in [0.5, 0.6) is 0 Å². The molecule has 5 nitrogen and oxygen atoms in total. The van der Waals surface area contributed by atoms with Crippen LogP contribution in [0.15, 0.2) is 161 Å². The Morgan fingerprint density at radius 3 is 1.87 bits per heavy atom. The van der Waals surface area contributed by atoms with E-state index >= 15 is 0 Å². The lowest BCUT2D eigenvalue weighted by Crippen LogP contribution is -2.22. The van der Waals surface area contributed by atoms with E-state index in [0.717, 1.165) is 76.9 Å². The molecule has 7 aromatic carbocycles. The summed E-state index contributed by atoms with van der Waals surface area (Å²) in [5, 5.41) is 8.62. The fourth-order valence-corrected chi connectivity index (χ4v) is 7.36. The third kappa shape index (κ3) is 5.38. The van der Waals surface area contributed by atoms with Crippen molar-refractivity contribution in [2.24, 2.45) is 0 Å². The van der Waals surface area contributed by atoms with Crippen molar-refractivity contribution < 1.29 is 8.83 Å². The second-order valence-corrected chi connectivity index (χ2v) is 13.1. The van der Waals surface area contributed by atoms with Gasteiger partial charge in [-0.15, -0.1) is 0 Å². The molecule has 0 unspecified atom stereocenters. The van der Waals surface area contributed by atoms with Crippen LogP contribution < -0.4 is 10.4 Å². The number of nitrogens with zero attached hydrogens (tertiary/aromatic N) is 3. The van der Waals surface area contributed by atoms with Gasteiger partial charge in [0.05, 0.1) is 0 Å². The average molecular weight is 682 g/mol. The van der Waals surface area contributed by atoms with Crippen molar-refractivity contribution in [2.75, 3.05) is 0 Å². The minimum atomic E-state index is 0.571. The first-order valence-electron chi connectivity index (χ1n) is 17.7. The third-order valence-corrected chi connectivity index (χ3v) is 9.92. The van der Waals surface area contributed by atoms with Gasteiger partial charge in [0.15, 0.2) is 17.5 Å². The Morgan fingerprint density at radius 1 is 0.472 bits per heavy atom. The first-order valence-corrected chi connectivity index (χ1v) is 17.7. The number of benzene rings is 7. The summed E-state index contributed by atoms with van der Waals surface area (Å²) in [6.07, 6.45) is 8.45. The molecule has 0 aliphatic heterocycles. The van der Waals surface area contributed by atoms with Crippen LogP contribution in [0.4, 0.5) is 0 Å². The molecular formula is C48H31N3O2. The van der Waals surface area contributed by atoms with E-state index in [0.29, 0.717) is 17.5 Å². The number of rotatable bonds is 5. The second kappa shape index (κ2) is 12.6. The molecule has 53 heavy (non-hydrogen) atoms. The van der Waals surface area contributed by atoms with Crippen molar-refractivity contribution in [3.05, 3.63) is 168 Å². The second-order valence-electron chi connectivity index (χ2n) is 13.1. The van der Waals surface area contributed by atoms with Gasteiger partial charge in [-0.2, -0.15) is 0 Å². The van der Waals surface area contributed by atoms with Crippen molar-refractivity contribution >= 4 is 72.9 Å². The van der Waals surface area contributed by atoms with Gasteiger partial charge in [-0.3, -0.25) is 0 Å². The smallest absolute Gasteiger partial charge is 0.164 e. The van der Waals surface area contributed by atoms with Crippen molar-refractivity contribution in [1.82, 2.24) is 15.0 Å². The molecule has 3 heterocycles. The lowest BCUT2D eigenvalue weighted by molar-refractivity contribution is 0.668. The molecule has 0 atom stereocenters. The van der Waals surface area contributed by atoms with Crippen LogP contribution in [0.25, 0.3) is 107 Å². The third-order valence-electron chi connectivity index (χ3n) is 9.92.